The summed E-state index contributed by atoms with van der Waals surface area (Å²) in [6.07, 6.45) is 0. The normalized spacial score (nSPS) is 18.3. The minimum Gasteiger partial charge on any atom is -0.325 e. The Kier molecular flexibility index (Phi) is 2.07. The zero-order valence-corrected chi connectivity index (χ0v) is 9.67. The second-order valence-corrected chi connectivity index (χ2v) is 5.28. The zero-order chi connectivity index (χ0) is 11.1. The van der Waals surface area contributed by atoms with Crippen molar-refractivity contribution in [1.82, 2.24) is 0 Å². The molecule has 16 heavy (non-hydrogen) atoms. The highest BCUT2D eigenvalue weighted by Crippen LogP contribution is 2.39. The summed E-state index contributed by atoms with van der Waals surface area (Å²) in [5, 5.41) is 2.92. The van der Waals surface area contributed by atoms with Crippen LogP contribution in [0.1, 0.15) is 21.2 Å². The van der Waals surface area contributed by atoms with E-state index in [2.05, 4.69) is 18.3 Å². The van der Waals surface area contributed by atoms with E-state index in [9.17, 15) is 4.79 Å². The van der Waals surface area contributed by atoms with Crippen molar-refractivity contribution in [2.24, 2.45) is 0 Å². The van der Waals surface area contributed by atoms with Crippen LogP contribution in [0.2, 0.25) is 0 Å². The molecular weight excluding hydrogens is 218 g/mol. The first kappa shape index (κ1) is 9.60. The quantitative estimate of drug-likeness (QED) is 0.799. The number of amides is 1. The maximum Gasteiger partial charge on any atom is 0.237 e. The molecule has 0 saturated heterocycles. The van der Waals surface area contributed by atoms with Gasteiger partial charge >= 0.3 is 0 Å². The topological polar surface area (TPSA) is 29.1 Å². The lowest BCUT2D eigenvalue weighted by atomic mass is 9.99. The molecule has 2 aromatic rings. The van der Waals surface area contributed by atoms with E-state index in [1.165, 1.54) is 4.88 Å². The molecule has 2 heterocycles. The monoisotopic (exact) mass is 229 g/mol. The Morgan fingerprint density at radius 2 is 2.00 bits per heavy atom. The van der Waals surface area contributed by atoms with Crippen molar-refractivity contribution in [1.29, 1.82) is 0 Å². The van der Waals surface area contributed by atoms with Crippen molar-refractivity contribution in [3.8, 4) is 0 Å². The van der Waals surface area contributed by atoms with Gasteiger partial charge in [0.25, 0.3) is 0 Å². The molecule has 3 rings (SSSR count). The first-order valence-electron chi connectivity index (χ1n) is 5.22. The van der Waals surface area contributed by atoms with Gasteiger partial charge in [0.05, 0.1) is 5.92 Å². The van der Waals surface area contributed by atoms with E-state index in [-0.39, 0.29) is 11.8 Å². The van der Waals surface area contributed by atoms with Gasteiger partial charge < -0.3 is 5.32 Å². The number of anilines is 1. The highest BCUT2D eigenvalue weighted by atomic mass is 32.1. The molecule has 0 radical (unpaired) electrons. The number of hydrogen-bond donors (Lipinski definition) is 1. The molecule has 1 aromatic heterocycles. The molecule has 1 aromatic carbocycles. The van der Waals surface area contributed by atoms with Crippen molar-refractivity contribution < 1.29 is 4.79 Å². The lowest BCUT2D eigenvalue weighted by Gasteiger charge is -2.05. The van der Waals surface area contributed by atoms with E-state index >= 15 is 0 Å². The fourth-order valence-corrected chi connectivity index (χ4v) is 3.10. The average molecular weight is 229 g/mol. The van der Waals surface area contributed by atoms with E-state index in [4.69, 9.17) is 0 Å². The van der Waals surface area contributed by atoms with Gasteiger partial charge in [-0.2, -0.15) is 0 Å². The van der Waals surface area contributed by atoms with Gasteiger partial charge in [-0.25, -0.2) is 0 Å². The van der Waals surface area contributed by atoms with Crippen molar-refractivity contribution >= 4 is 22.9 Å². The lowest BCUT2D eigenvalue weighted by molar-refractivity contribution is -0.116. The highest BCUT2D eigenvalue weighted by Gasteiger charge is 2.32. The van der Waals surface area contributed by atoms with Crippen molar-refractivity contribution in [2.75, 3.05) is 5.32 Å². The third-order valence-corrected chi connectivity index (χ3v) is 3.90. The standard InChI is InChI=1S/C13H11NOS/c1-8-6-7-11(16-8)12-9-4-2-3-5-10(9)14-13(12)15/h2-7,12H,1H3,(H,14,15). The molecule has 1 unspecified atom stereocenters. The van der Waals surface area contributed by atoms with E-state index < -0.39 is 0 Å². The van der Waals surface area contributed by atoms with Crippen LogP contribution in [0, 0.1) is 6.92 Å². The second kappa shape index (κ2) is 3.46. The van der Waals surface area contributed by atoms with E-state index in [0.717, 1.165) is 16.1 Å². The molecule has 0 saturated carbocycles. The van der Waals surface area contributed by atoms with Gasteiger partial charge in [-0.05, 0) is 30.7 Å². The van der Waals surface area contributed by atoms with Crippen molar-refractivity contribution in [2.45, 2.75) is 12.8 Å². The van der Waals surface area contributed by atoms with Gasteiger partial charge in [-0.15, -0.1) is 11.3 Å². The van der Waals surface area contributed by atoms with Crippen LogP contribution in [-0.2, 0) is 4.79 Å². The Bertz CT molecular complexity index is 559. The van der Waals surface area contributed by atoms with E-state index in [1.54, 1.807) is 11.3 Å². The number of hydrogen-bond acceptors (Lipinski definition) is 2. The maximum atomic E-state index is 11.9. The summed E-state index contributed by atoms with van der Waals surface area (Å²) in [5.74, 6) is -0.0297. The predicted octanol–water partition coefficient (Wildman–Crippen LogP) is 3.14. The molecule has 1 N–H and O–H groups in total. The van der Waals surface area contributed by atoms with Crippen LogP contribution >= 0.6 is 11.3 Å². The molecule has 1 aliphatic rings. The summed E-state index contributed by atoms with van der Waals surface area (Å²) in [4.78, 5) is 14.3. The Hall–Kier alpha value is -1.61. The fourth-order valence-electron chi connectivity index (χ4n) is 2.10. The molecule has 2 nitrogen and oxygen atoms in total. The third kappa shape index (κ3) is 1.36. The average Bonchev–Trinajstić information content (AvgIpc) is 2.80. The molecule has 1 amide bonds. The first-order chi connectivity index (χ1) is 7.75. The van der Waals surface area contributed by atoms with Gasteiger partial charge in [-0.1, -0.05) is 18.2 Å². The summed E-state index contributed by atoms with van der Waals surface area (Å²) in [6, 6.07) is 12.0. The summed E-state index contributed by atoms with van der Waals surface area (Å²) >= 11 is 1.69. The molecule has 0 fully saturated rings. The summed E-state index contributed by atoms with van der Waals surface area (Å²) in [7, 11) is 0. The lowest BCUT2D eigenvalue weighted by Crippen LogP contribution is -2.11. The number of carbonyl (C=O) groups excluding carboxylic acids is 1. The van der Waals surface area contributed by atoms with Crippen LogP contribution in [0.25, 0.3) is 0 Å². The van der Waals surface area contributed by atoms with Gasteiger partial charge in [0.15, 0.2) is 0 Å². The van der Waals surface area contributed by atoms with Crippen molar-refractivity contribution in [3.63, 3.8) is 0 Å². The minimum absolute atomic E-state index is 0.0862. The Morgan fingerprint density at radius 1 is 1.19 bits per heavy atom. The van der Waals surface area contributed by atoms with E-state index in [0.29, 0.717) is 0 Å². The number of benzene rings is 1. The summed E-state index contributed by atoms with van der Waals surface area (Å²) in [6.45, 7) is 2.06. The summed E-state index contributed by atoms with van der Waals surface area (Å²) in [5.41, 5.74) is 2.04. The Balaban J connectivity index is 2.12. The van der Waals surface area contributed by atoms with Crippen LogP contribution in [0.5, 0.6) is 0 Å². The summed E-state index contributed by atoms with van der Waals surface area (Å²) < 4.78 is 0. The second-order valence-electron chi connectivity index (χ2n) is 3.96. The van der Waals surface area contributed by atoms with Crippen LogP contribution < -0.4 is 5.32 Å². The fraction of sp³-hybridized carbons (Fsp3) is 0.154. The van der Waals surface area contributed by atoms with Gasteiger partial charge in [0, 0.05) is 15.4 Å². The SMILES string of the molecule is Cc1ccc(C2C(=O)Nc3ccccc32)s1. The van der Waals surface area contributed by atoms with Crippen molar-refractivity contribution in [3.05, 3.63) is 51.7 Å². The molecule has 1 aliphatic heterocycles. The molecular formula is C13H11NOS. The smallest absolute Gasteiger partial charge is 0.237 e. The number of carbonyl (C=O) groups is 1. The number of para-hydroxylation sites is 1. The maximum absolute atomic E-state index is 11.9. The van der Waals surface area contributed by atoms with Crippen LogP contribution in [-0.4, -0.2) is 5.91 Å². The first-order valence-corrected chi connectivity index (χ1v) is 6.03. The van der Waals surface area contributed by atoms with Crippen LogP contribution in [0.15, 0.2) is 36.4 Å². The van der Waals surface area contributed by atoms with Gasteiger partial charge in [-0.3, -0.25) is 4.79 Å². The Labute approximate surface area is 97.9 Å². The number of rotatable bonds is 1. The molecule has 0 spiro atoms. The predicted molar refractivity (Wildman–Crippen MR) is 66.0 cm³/mol. The molecule has 0 aliphatic carbocycles. The van der Waals surface area contributed by atoms with E-state index in [1.807, 2.05) is 30.3 Å². The minimum atomic E-state index is -0.116. The Morgan fingerprint density at radius 3 is 2.75 bits per heavy atom. The zero-order valence-electron chi connectivity index (χ0n) is 8.86. The molecule has 0 bridgehead atoms. The number of thiophene rings is 1. The highest BCUT2D eigenvalue weighted by molar-refractivity contribution is 7.12. The van der Waals surface area contributed by atoms with Gasteiger partial charge in [0.2, 0.25) is 5.91 Å². The van der Waals surface area contributed by atoms with Crippen LogP contribution in [0.4, 0.5) is 5.69 Å². The van der Waals surface area contributed by atoms with Gasteiger partial charge in [0.1, 0.15) is 0 Å². The largest absolute Gasteiger partial charge is 0.325 e. The third-order valence-electron chi connectivity index (χ3n) is 2.84. The molecule has 3 heteroatoms. The number of aryl methyl sites for hydroxylation is 1. The molecule has 1 atom stereocenters. The number of nitrogens with one attached hydrogen (secondary N) is 1. The van der Waals surface area contributed by atoms with Crippen LogP contribution in [0.3, 0.4) is 0 Å². The molecule has 80 valence electrons. The number of fused-ring (bicyclic) bond motifs is 1.